The van der Waals surface area contributed by atoms with E-state index in [0.29, 0.717) is 0 Å². The molecule has 0 unspecified atom stereocenters. The van der Waals surface area contributed by atoms with Gasteiger partial charge in [-0.1, -0.05) is 91.0 Å². The highest BCUT2D eigenvalue weighted by Gasteiger charge is 2.52. The molecule has 76 heavy (non-hydrogen) atoms. The average molecular weight is 1090 g/mol. The van der Waals surface area contributed by atoms with Crippen molar-refractivity contribution in [2.24, 2.45) is 0 Å². The fraction of sp³-hybridized carbons (Fsp3) is 0. The van der Waals surface area contributed by atoms with Crippen LogP contribution in [-0.4, -0.2) is 6.15 Å². The standard InChI is InChI=1S/C30H21S.C24BF20/c1-4-16-25-22(10-1)13-7-19-28(25)31(29-20-8-14-23-11-2-5-17-26(23)29)30-21-9-15-24-12-3-6-18-27(24)30;26-5-1(6(27)14(35)21(42)13(5)34)25(2-7(28)15(36)22(43)16(37)8(2)29,3-9(30)17(38)23(44)18(39)10(3)31)4-11(32)19(40)24(45)20(41)12(4)33/h1-21H;/q+1;-1. The summed E-state index contributed by atoms with van der Waals surface area (Å²) in [5.41, 5.74) is -14.3. The zero-order chi connectivity index (χ0) is 55.0. The predicted molar refractivity (Wildman–Crippen MR) is 243 cm³/mol. The molecular weight excluding hydrogens is 1070 g/mol. The maximum Gasteiger partial charge on any atom is 0.200 e. The smallest absolute Gasteiger partial charge is 0.200 e. The first-order valence-corrected chi connectivity index (χ1v) is 22.7. The third-order valence-electron chi connectivity index (χ3n) is 12.6. The summed E-state index contributed by atoms with van der Waals surface area (Å²) in [5, 5.41) is 7.85. The molecule has 10 aromatic carbocycles. The van der Waals surface area contributed by atoms with Gasteiger partial charge in [0.2, 0.25) is 0 Å². The highest BCUT2D eigenvalue weighted by molar-refractivity contribution is 7.97. The summed E-state index contributed by atoms with van der Waals surface area (Å²) >= 11 is 0. The van der Waals surface area contributed by atoms with Gasteiger partial charge in [-0.15, -0.1) is 21.9 Å². The molecule has 0 spiro atoms. The molecule has 0 saturated heterocycles. The van der Waals surface area contributed by atoms with Crippen molar-refractivity contribution in [1.29, 1.82) is 0 Å². The molecule has 386 valence electrons. The van der Waals surface area contributed by atoms with E-state index < -0.39 is 144 Å². The SMILES string of the molecule is Fc1c(F)c(F)c([B-](c2c(F)c(F)c(F)c(F)c2F)(c2c(F)c(F)c(F)c(F)c2F)c2c(F)c(F)c(F)c(F)c2F)c(F)c1F.c1ccc2c([S+](c3cccc4ccccc34)c3cccc4ccccc34)cccc2c1. The fourth-order valence-electron chi connectivity index (χ4n) is 9.35. The molecule has 0 aliphatic carbocycles. The first-order valence-electron chi connectivity index (χ1n) is 21.5. The molecule has 0 atom stereocenters. The van der Waals surface area contributed by atoms with Crippen molar-refractivity contribution >= 4 is 71.2 Å². The normalized spacial score (nSPS) is 11.8. The summed E-state index contributed by atoms with van der Waals surface area (Å²) in [4.78, 5) is 4.14. The minimum atomic E-state index is -7.22. The molecule has 22 heteroatoms. The van der Waals surface area contributed by atoms with Crippen LogP contribution < -0.4 is 21.9 Å². The molecule has 0 fully saturated rings. The largest absolute Gasteiger partial charge is 0.207 e. The predicted octanol–water partition coefficient (Wildman–Crippen LogP) is 14.1. The van der Waals surface area contributed by atoms with Gasteiger partial charge in [-0.05, 0) is 52.6 Å². The number of fused-ring (bicyclic) bond motifs is 3. The van der Waals surface area contributed by atoms with Gasteiger partial charge in [-0.2, -0.15) is 0 Å². The van der Waals surface area contributed by atoms with E-state index in [0.717, 1.165) is 0 Å². The number of hydrogen-bond acceptors (Lipinski definition) is 0. The highest BCUT2D eigenvalue weighted by Crippen LogP contribution is 2.41. The van der Waals surface area contributed by atoms with Crippen LogP contribution in [0.2, 0.25) is 0 Å². The Morgan fingerprint density at radius 1 is 0.197 bits per heavy atom. The maximum absolute atomic E-state index is 15.4. The summed E-state index contributed by atoms with van der Waals surface area (Å²) in [6.45, 7) is 0. The molecular formula is C54H21BF20S. The van der Waals surface area contributed by atoms with Crippen LogP contribution >= 0.6 is 0 Å². The highest BCUT2D eigenvalue weighted by atomic mass is 32.2. The Morgan fingerprint density at radius 3 is 0.579 bits per heavy atom. The molecule has 0 aliphatic rings. The lowest BCUT2D eigenvalue weighted by atomic mass is 9.12. The van der Waals surface area contributed by atoms with Crippen LogP contribution in [0.1, 0.15) is 0 Å². The first-order chi connectivity index (χ1) is 36.1. The molecule has 0 nitrogen and oxygen atoms in total. The van der Waals surface area contributed by atoms with E-state index >= 15 is 35.1 Å². The van der Waals surface area contributed by atoms with Crippen LogP contribution in [0.3, 0.4) is 0 Å². The van der Waals surface area contributed by atoms with Crippen molar-refractivity contribution in [3.05, 3.63) is 244 Å². The minimum absolute atomic E-state index is 0.238. The number of rotatable bonds is 7. The zero-order valence-corrected chi connectivity index (χ0v) is 38.0. The molecule has 0 heterocycles. The molecule has 0 aromatic heterocycles. The Morgan fingerprint density at radius 2 is 0.368 bits per heavy atom. The van der Waals surface area contributed by atoms with Crippen LogP contribution in [0.5, 0.6) is 0 Å². The van der Waals surface area contributed by atoms with Gasteiger partial charge < -0.3 is 0 Å². The van der Waals surface area contributed by atoms with E-state index in [1.807, 2.05) is 0 Å². The van der Waals surface area contributed by atoms with E-state index in [1.165, 1.54) is 47.0 Å². The van der Waals surface area contributed by atoms with Crippen molar-refractivity contribution in [3.8, 4) is 0 Å². The zero-order valence-electron chi connectivity index (χ0n) is 37.2. The molecule has 0 amide bonds. The van der Waals surface area contributed by atoms with Crippen LogP contribution in [-0.2, 0) is 10.9 Å². The van der Waals surface area contributed by atoms with Crippen LogP contribution in [0.15, 0.2) is 142 Å². The van der Waals surface area contributed by atoms with Gasteiger partial charge in [0.15, 0.2) is 84.5 Å². The lowest BCUT2D eigenvalue weighted by Crippen LogP contribution is -2.81. The second-order valence-electron chi connectivity index (χ2n) is 16.5. The van der Waals surface area contributed by atoms with Crippen molar-refractivity contribution in [3.63, 3.8) is 0 Å². The Balaban J connectivity index is 0.000000197. The van der Waals surface area contributed by atoms with E-state index in [1.54, 1.807) is 0 Å². The minimum Gasteiger partial charge on any atom is -0.207 e. The lowest BCUT2D eigenvalue weighted by molar-refractivity contribution is 0.378. The Bertz CT molecular complexity index is 3450. The van der Waals surface area contributed by atoms with Gasteiger partial charge in [0, 0.05) is 16.2 Å². The van der Waals surface area contributed by atoms with Crippen molar-refractivity contribution in [1.82, 2.24) is 0 Å². The van der Waals surface area contributed by atoms with Gasteiger partial charge in [0.25, 0.3) is 0 Å². The summed E-state index contributed by atoms with van der Waals surface area (Å²) < 4.78 is 294. The second-order valence-corrected chi connectivity index (χ2v) is 18.5. The van der Waals surface area contributed by atoms with Crippen molar-refractivity contribution < 1.29 is 87.8 Å². The monoisotopic (exact) mass is 1090 g/mol. The molecule has 0 N–H and O–H groups in total. The summed E-state index contributed by atoms with van der Waals surface area (Å²) in [6, 6.07) is 46.5. The molecule has 0 aliphatic heterocycles. The average Bonchev–Trinajstić information content (AvgIpc) is 3.48. The number of halogens is 20. The van der Waals surface area contributed by atoms with Gasteiger partial charge >= 0.3 is 0 Å². The van der Waals surface area contributed by atoms with Crippen LogP contribution in [0, 0.1) is 116 Å². The lowest BCUT2D eigenvalue weighted by Gasteiger charge is -2.44. The number of benzene rings is 10. The van der Waals surface area contributed by atoms with E-state index in [2.05, 4.69) is 127 Å². The van der Waals surface area contributed by atoms with E-state index in [4.69, 9.17) is 0 Å². The maximum atomic E-state index is 15.4. The van der Waals surface area contributed by atoms with Crippen LogP contribution in [0.25, 0.3) is 32.3 Å². The van der Waals surface area contributed by atoms with E-state index in [-0.39, 0.29) is 10.9 Å². The molecule has 10 aromatic rings. The third-order valence-corrected chi connectivity index (χ3v) is 15.0. The molecule has 10 rings (SSSR count). The summed E-state index contributed by atoms with van der Waals surface area (Å²) in [6.07, 6.45) is -7.22. The fourth-order valence-corrected chi connectivity index (χ4v) is 11.9. The van der Waals surface area contributed by atoms with E-state index in [9.17, 15) is 52.7 Å². The van der Waals surface area contributed by atoms with Gasteiger partial charge in [-0.25, -0.2) is 87.8 Å². The first kappa shape index (κ1) is 52.8. The second kappa shape index (κ2) is 19.9. The Hall–Kier alpha value is -8.01. The number of hydrogen-bond donors (Lipinski definition) is 0. The quantitative estimate of drug-likeness (QED) is 0.0491. The molecule has 0 radical (unpaired) electrons. The Labute approximate surface area is 416 Å². The molecule has 0 bridgehead atoms. The topological polar surface area (TPSA) is 0 Å². The van der Waals surface area contributed by atoms with Crippen molar-refractivity contribution in [2.45, 2.75) is 14.7 Å². The summed E-state index contributed by atoms with van der Waals surface area (Å²) in [5.74, 6) is -71.4. The van der Waals surface area contributed by atoms with Gasteiger partial charge in [0.05, 0.1) is 0 Å². The van der Waals surface area contributed by atoms with Gasteiger partial charge in [0.1, 0.15) is 63.6 Å². The Kier molecular flexibility index (Phi) is 13.9. The van der Waals surface area contributed by atoms with Crippen LogP contribution in [0.4, 0.5) is 87.8 Å². The molecule has 0 saturated carbocycles. The van der Waals surface area contributed by atoms with Gasteiger partial charge in [-0.3, -0.25) is 0 Å². The van der Waals surface area contributed by atoms with Crippen molar-refractivity contribution in [2.75, 3.05) is 0 Å². The third kappa shape index (κ3) is 7.97. The summed E-state index contributed by atoms with van der Waals surface area (Å²) in [7, 11) is -0.238.